The van der Waals surface area contributed by atoms with E-state index < -0.39 is 0 Å². The minimum absolute atomic E-state index is 1.00. The van der Waals surface area contributed by atoms with Crippen LogP contribution in [-0.4, -0.2) is 7.11 Å². The van der Waals surface area contributed by atoms with Crippen LogP contribution in [0.25, 0.3) is 0 Å². The molecule has 0 N–H and O–H groups in total. The maximum absolute atomic E-state index is 5.29. The van der Waals surface area contributed by atoms with Crippen molar-refractivity contribution in [2.45, 2.75) is 40.0 Å². The molecule has 0 bridgehead atoms. The van der Waals surface area contributed by atoms with Gasteiger partial charge in [-0.2, -0.15) is 0 Å². The standard InChI is InChI=1S/C13H20O/c1-5-6-7-12-8-9-13(14-4)11(3)10(12)2/h8-9H,5-7H2,1-4H3. The fourth-order valence-electron chi connectivity index (χ4n) is 1.71. The molecular formula is C13H20O. The second kappa shape index (κ2) is 5.04. The highest BCUT2D eigenvalue weighted by Gasteiger charge is 2.05. The molecule has 0 heterocycles. The van der Waals surface area contributed by atoms with Crippen LogP contribution in [0.4, 0.5) is 0 Å². The normalized spacial score (nSPS) is 10.3. The van der Waals surface area contributed by atoms with Crippen molar-refractivity contribution in [3.05, 3.63) is 28.8 Å². The largest absolute Gasteiger partial charge is 0.496 e. The van der Waals surface area contributed by atoms with E-state index in [1.807, 2.05) is 0 Å². The molecule has 0 radical (unpaired) electrons. The van der Waals surface area contributed by atoms with E-state index in [4.69, 9.17) is 4.74 Å². The van der Waals surface area contributed by atoms with E-state index in [-0.39, 0.29) is 0 Å². The third-order valence-corrected chi connectivity index (χ3v) is 2.87. The van der Waals surface area contributed by atoms with E-state index in [2.05, 4.69) is 32.9 Å². The summed E-state index contributed by atoms with van der Waals surface area (Å²) in [4.78, 5) is 0. The Hall–Kier alpha value is -0.980. The predicted octanol–water partition coefficient (Wildman–Crippen LogP) is 3.65. The Labute approximate surface area is 87.1 Å². The highest BCUT2D eigenvalue weighted by atomic mass is 16.5. The molecule has 1 nitrogen and oxygen atoms in total. The summed E-state index contributed by atoms with van der Waals surface area (Å²) in [6, 6.07) is 4.27. The van der Waals surface area contributed by atoms with Crippen LogP contribution in [0.3, 0.4) is 0 Å². The molecule has 0 saturated carbocycles. The summed E-state index contributed by atoms with van der Waals surface area (Å²) in [6.07, 6.45) is 3.71. The Morgan fingerprint density at radius 1 is 1.14 bits per heavy atom. The van der Waals surface area contributed by atoms with Gasteiger partial charge in [0.1, 0.15) is 5.75 Å². The number of rotatable bonds is 4. The molecule has 1 heteroatoms. The lowest BCUT2D eigenvalue weighted by atomic mass is 9.98. The van der Waals surface area contributed by atoms with E-state index in [1.54, 1.807) is 7.11 Å². The van der Waals surface area contributed by atoms with Gasteiger partial charge in [-0.1, -0.05) is 19.4 Å². The number of unbranched alkanes of at least 4 members (excludes halogenated alkanes) is 1. The minimum Gasteiger partial charge on any atom is -0.496 e. The zero-order valence-corrected chi connectivity index (χ0v) is 9.68. The Morgan fingerprint density at radius 3 is 2.43 bits per heavy atom. The van der Waals surface area contributed by atoms with Crippen LogP contribution in [0.2, 0.25) is 0 Å². The Balaban J connectivity index is 2.92. The van der Waals surface area contributed by atoms with Gasteiger partial charge in [-0.25, -0.2) is 0 Å². The van der Waals surface area contributed by atoms with Crippen LogP contribution in [-0.2, 0) is 6.42 Å². The first-order chi connectivity index (χ1) is 6.70. The molecule has 0 aliphatic heterocycles. The van der Waals surface area contributed by atoms with Gasteiger partial charge in [0.25, 0.3) is 0 Å². The average Bonchev–Trinajstić information content (AvgIpc) is 2.20. The van der Waals surface area contributed by atoms with E-state index >= 15 is 0 Å². The van der Waals surface area contributed by atoms with Crippen molar-refractivity contribution >= 4 is 0 Å². The van der Waals surface area contributed by atoms with Crippen LogP contribution >= 0.6 is 0 Å². The highest BCUT2D eigenvalue weighted by molar-refractivity contribution is 5.43. The van der Waals surface area contributed by atoms with Crippen molar-refractivity contribution in [2.24, 2.45) is 0 Å². The first-order valence-corrected chi connectivity index (χ1v) is 5.33. The van der Waals surface area contributed by atoms with Gasteiger partial charge in [0, 0.05) is 0 Å². The third-order valence-electron chi connectivity index (χ3n) is 2.87. The minimum atomic E-state index is 1.00. The molecule has 14 heavy (non-hydrogen) atoms. The van der Waals surface area contributed by atoms with Crippen molar-refractivity contribution in [1.29, 1.82) is 0 Å². The fraction of sp³-hybridized carbons (Fsp3) is 0.538. The SMILES string of the molecule is CCCCc1ccc(OC)c(C)c1C. The molecule has 0 spiro atoms. The lowest BCUT2D eigenvalue weighted by Crippen LogP contribution is -1.95. The van der Waals surface area contributed by atoms with Crippen molar-refractivity contribution in [3.8, 4) is 5.75 Å². The zero-order valence-electron chi connectivity index (χ0n) is 9.68. The number of hydrogen-bond donors (Lipinski definition) is 0. The molecule has 0 amide bonds. The Kier molecular flexibility index (Phi) is 3.99. The summed E-state index contributed by atoms with van der Waals surface area (Å²) in [5.74, 6) is 1.00. The maximum Gasteiger partial charge on any atom is 0.122 e. The zero-order chi connectivity index (χ0) is 10.6. The number of benzene rings is 1. The van der Waals surface area contributed by atoms with E-state index in [9.17, 15) is 0 Å². The van der Waals surface area contributed by atoms with Crippen molar-refractivity contribution in [1.82, 2.24) is 0 Å². The molecule has 0 aliphatic carbocycles. The van der Waals surface area contributed by atoms with Crippen LogP contribution in [0.5, 0.6) is 5.75 Å². The van der Waals surface area contributed by atoms with Crippen molar-refractivity contribution < 1.29 is 4.74 Å². The van der Waals surface area contributed by atoms with Crippen LogP contribution in [0.15, 0.2) is 12.1 Å². The van der Waals surface area contributed by atoms with Gasteiger partial charge in [0.2, 0.25) is 0 Å². The smallest absolute Gasteiger partial charge is 0.122 e. The molecule has 0 saturated heterocycles. The number of aryl methyl sites for hydroxylation is 1. The predicted molar refractivity (Wildman–Crippen MR) is 61.1 cm³/mol. The lowest BCUT2D eigenvalue weighted by molar-refractivity contribution is 0.411. The fourth-order valence-corrected chi connectivity index (χ4v) is 1.71. The Bertz CT molecular complexity index is 302. The quantitative estimate of drug-likeness (QED) is 0.707. The topological polar surface area (TPSA) is 9.23 Å². The van der Waals surface area contributed by atoms with Gasteiger partial charge >= 0.3 is 0 Å². The van der Waals surface area contributed by atoms with Crippen molar-refractivity contribution in [3.63, 3.8) is 0 Å². The van der Waals surface area contributed by atoms with Gasteiger partial charge in [-0.05, 0) is 49.4 Å². The summed E-state index contributed by atoms with van der Waals surface area (Å²) in [5.41, 5.74) is 4.13. The molecule has 0 unspecified atom stereocenters. The molecule has 1 rings (SSSR count). The summed E-state index contributed by atoms with van der Waals surface area (Å²) >= 11 is 0. The van der Waals surface area contributed by atoms with Gasteiger partial charge in [0.15, 0.2) is 0 Å². The second-order valence-corrected chi connectivity index (χ2v) is 3.78. The van der Waals surface area contributed by atoms with Crippen LogP contribution in [0, 0.1) is 13.8 Å². The molecular weight excluding hydrogens is 172 g/mol. The first kappa shape index (κ1) is 11.1. The third kappa shape index (κ3) is 2.28. The van der Waals surface area contributed by atoms with Gasteiger partial charge < -0.3 is 4.74 Å². The summed E-state index contributed by atoms with van der Waals surface area (Å²) in [6.45, 7) is 6.54. The lowest BCUT2D eigenvalue weighted by Gasteiger charge is -2.12. The monoisotopic (exact) mass is 192 g/mol. The molecule has 1 aromatic carbocycles. The molecule has 1 aromatic rings. The van der Waals surface area contributed by atoms with E-state index in [0.29, 0.717) is 0 Å². The van der Waals surface area contributed by atoms with Gasteiger partial charge in [-0.15, -0.1) is 0 Å². The van der Waals surface area contributed by atoms with Crippen LogP contribution in [0.1, 0.15) is 36.5 Å². The molecule has 0 fully saturated rings. The summed E-state index contributed by atoms with van der Waals surface area (Å²) < 4.78 is 5.29. The van der Waals surface area contributed by atoms with Gasteiger partial charge in [-0.3, -0.25) is 0 Å². The molecule has 78 valence electrons. The maximum atomic E-state index is 5.29. The number of ether oxygens (including phenoxy) is 1. The number of methoxy groups -OCH3 is 1. The Morgan fingerprint density at radius 2 is 1.86 bits per heavy atom. The second-order valence-electron chi connectivity index (χ2n) is 3.78. The summed E-state index contributed by atoms with van der Waals surface area (Å²) in [7, 11) is 1.73. The molecule has 0 aliphatic rings. The van der Waals surface area contributed by atoms with E-state index in [1.165, 1.54) is 36.0 Å². The van der Waals surface area contributed by atoms with Gasteiger partial charge in [0.05, 0.1) is 7.11 Å². The average molecular weight is 192 g/mol. The van der Waals surface area contributed by atoms with Crippen molar-refractivity contribution in [2.75, 3.05) is 7.11 Å². The highest BCUT2D eigenvalue weighted by Crippen LogP contribution is 2.24. The molecule has 0 atom stereocenters. The first-order valence-electron chi connectivity index (χ1n) is 5.33. The van der Waals surface area contributed by atoms with Crippen LogP contribution < -0.4 is 4.74 Å². The molecule has 0 aromatic heterocycles. The summed E-state index contributed by atoms with van der Waals surface area (Å²) in [5, 5.41) is 0. The number of hydrogen-bond acceptors (Lipinski definition) is 1. The van der Waals surface area contributed by atoms with E-state index in [0.717, 1.165) is 5.75 Å².